The van der Waals surface area contributed by atoms with E-state index >= 15 is 0 Å². The highest BCUT2D eigenvalue weighted by Gasteiger charge is 2.46. The van der Waals surface area contributed by atoms with E-state index in [0.29, 0.717) is 29.2 Å². The van der Waals surface area contributed by atoms with Gasteiger partial charge in [-0.2, -0.15) is 4.31 Å². The van der Waals surface area contributed by atoms with Crippen molar-refractivity contribution < 1.29 is 13.2 Å². The molecular weight excluding hydrogens is 434 g/mol. The van der Waals surface area contributed by atoms with Gasteiger partial charge >= 0.3 is 0 Å². The molecule has 0 aromatic heterocycles. The van der Waals surface area contributed by atoms with Crippen LogP contribution in [0.15, 0.2) is 41.3 Å². The summed E-state index contributed by atoms with van der Waals surface area (Å²) in [5.74, 6) is 1.89. The number of fused-ring (bicyclic) bond motifs is 2. The average Bonchev–Trinajstić information content (AvgIpc) is 3.03. The predicted molar refractivity (Wildman–Crippen MR) is 129 cm³/mol. The van der Waals surface area contributed by atoms with Crippen LogP contribution in [0.25, 0.3) is 10.8 Å². The van der Waals surface area contributed by atoms with Gasteiger partial charge in [-0.1, -0.05) is 24.6 Å². The summed E-state index contributed by atoms with van der Waals surface area (Å²) in [5.41, 5.74) is 0.736. The number of anilines is 1. The van der Waals surface area contributed by atoms with E-state index in [1.54, 1.807) is 12.1 Å². The first kappa shape index (κ1) is 21.6. The van der Waals surface area contributed by atoms with E-state index in [9.17, 15) is 13.2 Å². The molecule has 1 amide bonds. The Morgan fingerprint density at radius 2 is 1.76 bits per heavy atom. The van der Waals surface area contributed by atoms with Crippen molar-refractivity contribution in [3.05, 3.63) is 36.4 Å². The standard InChI is InChI=1S/C26H33N3O3S/c30-26(25-5-1-2-9-27-25)28-24-6-3-4-20-15-22(7-8-23(20)24)33(31,32)29-16-19-11-17-10-18(12-19)14-21(29)13-17/h3-4,6-8,15,17-19,21,25,27H,1-2,5,9-14,16H2,(H,28,30). The van der Waals surface area contributed by atoms with E-state index in [-0.39, 0.29) is 18.0 Å². The van der Waals surface area contributed by atoms with Gasteiger partial charge in [-0.15, -0.1) is 0 Å². The first-order valence-electron chi connectivity index (χ1n) is 12.6. The Kier molecular flexibility index (Phi) is 5.46. The summed E-state index contributed by atoms with van der Waals surface area (Å²) >= 11 is 0. The Labute approximate surface area is 196 Å². The lowest BCUT2D eigenvalue weighted by atomic mass is 9.68. The molecule has 0 radical (unpaired) electrons. The number of nitrogens with zero attached hydrogens (tertiary/aromatic N) is 1. The summed E-state index contributed by atoms with van der Waals surface area (Å²) in [7, 11) is -3.55. The zero-order valence-electron chi connectivity index (χ0n) is 19.0. The number of benzene rings is 2. The Hall–Kier alpha value is -1.96. The minimum absolute atomic E-state index is 0.0192. The number of amides is 1. The molecule has 5 aliphatic rings. The fraction of sp³-hybridized carbons (Fsp3) is 0.577. The normalized spacial score (nSPS) is 32.1. The minimum Gasteiger partial charge on any atom is -0.324 e. The highest BCUT2D eigenvalue weighted by molar-refractivity contribution is 7.89. The maximum atomic E-state index is 13.8. The molecule has 2 saturated carbocycles. The van der Waals surface area contributed by atoms with Crippen LogP contribution >= 0.6 is 0 Å². The molecule has 7 heteroatoms. The Balaban J connectivity index is 1.28. The molecule has 4 bridgehead atoms. The number of carbonyl (C=O) groups excluding carboxylic acids is 1. The average molecular weight is 468 g/mol. The predicted octanol–water partition coefficient (Wildman–Crippen LogP) is 4.12. The second kappa shape index (κ2) is 8.36. The van der Waals surface area contributed by atoms with Crippen LogP contribution in [-0.2, 0) is 14.8 Å². The summed E-state index contributed by atoms with van der Waals surface area (Å²) in [6.07, 6.45) is 8.72. The number of sulfonamides is 1. The monoisotopic (exact) mass is 467 g/mol. The molecule has 3 aliphatic heterocycles. The fourth-order valence-corrected chi connectivity index (χ4v) is 8.76. The molecule has 33 heavy (non-hydrogen) atoms. The lowest BCUT2D eigenvalue weighted by Gasteiger charge is -2.38. The molecule has 0 spiro atoms. The van der Waals surface area contributed by atoms with Crippen molar-refractivity contribution in [2.45, 2.75) is 68.3 Å². The molecule has 2 aromatic rings. The van der Waals surface area contributed by atoms with Crippen molar-refractivity contribution in [3.63, 3.8) is 0 Å². The molecule has 5 fully saturated rings. The summed E-state index contributed by atoms with van der Waals surface area (Å²) in [6, 6.07) is 11.1. The van der Waals surface area contributed by atoms with Gasteiger partial charge in [0.1, 0.15) is 0 Å². The molecule has 3 saturated heterocycles. The summed E-state index contributed by atoms with van der Waals surface area (Å²) in [4.78, 5) is 13.1. The van der Waals surface area contributed by atoms with Crippen LogP contribution in [0.2, 0.25) is 0 Å². The minimum atomic E-state index is -3.55. The highest BCUT2D eigenvalue weighted by atomic mass is 32.2. The van der Waals surface area contributed by atoms with Gasteiger partial charge in [0, 0.05) is 23.7 Å². The van der Waals surface area contributed by atoms with E-state index in [0.717, 1.165) is 55.1 Å². The Morgan fingerprint density at radius 3 is 2.52 bits per heavy atom. The third-order valence-electron chi connectivity index (χ3n) is 8.40. The second-order valence-corrected chi connectivity index (χ2v) is 12.6. The van der Waals surface area contributed by atoms with Crippen molar-refractivity contribution in [3.8, 4) is 0 Å². The van der Waals surface area contributed by atoms with Crippen LogP contribution in [0.3, 0.4) is 0 Å². The third kappa shape index (κ3) is 3.98. The SMILES string of the molecule is O=C(Nc1cccc2cc(S(=O)(=O)N3CC4CC5CC(C4)CC3C5)ccc12)C1CCCCN1. The Morgan fingerprint density at radius 1 is 0.970 bits per heavy atom. The van der Waals surface area contributed by atoms with Crippen LogP contribution in [-0.4, -0.2) is 43.8 Å². The molecule has 176 valence electrons. The van der Waals surface area contributed by atoms with Crippen LogP contribution in [0, 0.1) is 17.8 Å². The van der Waals surface area contributed by atoms with E-state index in [4.69, 9.17) is 0 Å². The summed E-state index contributed by atoms with van der Waals surface area (Å²) < 4.78 is 29.4. The van der Waals surface area contributed by atoms with E-state index < -0.39 is 10.0 Å². The number of piperidine rings is 1. The molecule has 3 atom stereocenters. The number of carbonyl (C=O) groups is 1. The van der Waals surface area contributed by atoms with E-state index in [1.807, 2.05) is 28.6 Å². The molecule has 2 N–H and O–H groups in total. The Bertz CT molecular complexity index is 1160. The van der Waals surface area contributed by atoms with Crippen molar-refractivity contribution in [1.82, 2.24) is 9.62 Å². The van der Waals surface area contributed by atoms with Crippen molar-refractivity contribution in [1.29, 1.82) is 0 Å². The van der Waals surface area contributed by atoms with Gasteiger partial charge in [-0.3, -0.25) is 4.79 Å². The quantitative estimate of drug-likeness (QED) is 0.709. The van der Waals surface area contributed by atoms with Gasteiger partial charge in [0.2, 0.25) is 15.9 Å². The van der Waals surface area contributed by atoms with Crippen LogP contribution in [0.5, 0.6) is 0 Å². The molecule has 6 nitrogen and oxygen atoms in total. The molecule has 3 unspecified atom stereocenters. The van der Waals surface area contributed by atoms with Gasteiger partial charge in [0.25, 0.3) is 0 Å². The third-order valence-corrected chi connectivity index (χ3v) is 10.3. The van der Waals surface area contributed by atoms with Crippen molar-refractivity contribution in [2.24, 2.45) is 17.8 Å². The van der Waals surface area contributed by atoms with Gasteiger partial charge in [-0.05, 0) is 92.8 Å². The largest absolute Gasteiger partial charge is 0.324 e. The number of nitrogens with one attached hydrogen (secondary N) is 2. The first-order chi connectivity index (χ1) is 16.0. The van der Waals surface area contributed by atoms with Crippen LogP contribution in [0.1, 0.15) is 51.4 Å². The highest BCUT2D eigenvalue weighted by Crippen LogP contribution is 2.48. The smallest absolute Gasteiger partial charge is 0.243 e. The number of hydrogen-bond acceptors (Lipinski definition) is 4. The van der Waals surface area contributed by atoms with Crippen molar-refractivity contribution >= 4 is 32.4 Å². The second-order valence-electron chi connectivity index (χ2n) is 10.7. The van der Waals surface area contributed by atoms with Gasteiger partial charge in [0.05, 0.1) is 10.9 Å². The van der Waals surface area contributed by atoms with Crippen LogP contribution < -0.4 is 10.6 Å². The van der Waals surface area contributed by atoms with E-state index in [2.05, 4.69) is 10.6 Å². The maximum absolute atomic E-state index is 13.8. The van der Waals surface area contributed by atoms with Crippen molar-refractivity contribution in [2.75, 3.05) is 18.4 Å². The lowest BCUT2D eigenvalue weighted by Crippen LogP contribution is -2.43. The lowest BCUT2D eigenvalue weighted by molar-refractivity contribution is -0.118. The summed E-state index contributed by atoms with van der Waals surface area (Å²) in [5, 5.41) is 8.06. The molecule has 2 aromatic carbocycles. The number of hydrogen-bond donors (Lipinski definition) is 2. The molecular formula is C26H33N3O3S. The molecule has 3 heterocycles. The zero-order valence-corrected chi connectivity index (χ0v) is 19.8. The molecule has 2 aliphatic carbocycles. The first-order valence-corrected chi connectivity index (χ1v) is 14.0. The fourth-order valence-electron chi connectivity index (χ4n) is 7.00. The maximum Gasteiger partial charge on any atom is 0.243 e. The van der Waals surface area contributed by atoms with Gasteiger partial charge < -0.3 is 10.6 Å². The topological polar surface area (TPSA) is 78.5 Å². The van der Waals surface area contributed by atoms with Crippen LogP contribution in [0.4, 0.5) is 5.69 Å². The molecule has 7 rings (SSSR count). The zero-order chi connectivity index (χ0) is 22.6. The van der Waals surface area contributed by atoms with Gasteiger partial charge in [-0.25, -0.2) is 8.42 Å². The van der Waals surface area contributed by atoms with E-state index in [1.165, 1.54) is 19.3 Å². The summed E-state index contributed by atoms with van der Waals surface area (Å²) in [6.45, 7) is 1.54. The van der Waals surface area contributed by atoms with Gasteiger partial charge in [0.15, 0.2) is 0 Å². The number of rotatable bonds is 4.